The van der Waals surface area contributed by atoms with Crippen molar-refractivity contribution in [1.29, 1.82) is 0 Å². The summed E-state index contributed by atoms with van der Waals surface area (Å²) in [6, 6.07) is 17.1. The van der Waals surface area contributed by atoms with Gasteiger partial charge >= 0.3 is 0 Å². The van der Waals surface area contributed by atoms with E-state index in [1.54, 1.807) is 14.2 Å². The lowest BCUT2D eigenvalue weighted by molar-refractivity contribution is 0.0206. The smallest absolute Gasteiger partial charge is 0.119 e. The van der Waals surface area contributed by atoms with Crippen LogP contribution in [0, 0.1) is 0 Å². The maximum Gasteiger partial charge on any atom is 0.119 e. The predicted molar refractivity (Wildman–Crippen MR) is 94.2 cm³/mol. The monoisotopic (exact) mass is 327 g/mol. The van der Waals surface area contributed by atoms with Crippen LogP contribution in [-0.4, -0.2) is 43.5 Å². The van der Waals surface area contributed by atoms with E-state index < -0.39 is 6.10 Å². The highest BCUT2D eigenvalue weighted by molar-refractivity contribution is 5.39. The van der Waals surface area contributed by atoms with E-state index in [0.29, 0.717) is 13.2 Å². The summed E-state index contributed by atoms with van der Waals surface area (Å²) < 4.78 is 10.5. The third kappa shape index (κ3) is 3.78. The Labute approximate surface area is 143 Å². The molecule has 2 aromatic rings. The number of β-amino-alcohol motifs (C(OH)–C–C–N with tert-alkyl or cyclic N) is 1. The Morgan fingerprint density at radius 3 is 2.62 bits per heavy atom. The van der Waals surface area contributed by atoms with Crippen LogP contribution < -0.4 is 4.74 Å². The van der Waals surface area contributed by atoms with Gasteiger partial charge in [-0.1, -0.05) is 36.4 Å². The van der Waals surface area contributed by atoms with Crippen LogP contribution in [-0.2, 0) is 17.7 Å². The van der Waals surface area contributed by atoms with Gasteiger partial charge in [-0.25, -0.2) is 0 Å². The average Bonchev–Trinajstić information content (AvgIpc) is 2.61. The van der Waals surface area contributed by atoms with Gasteiger partial charge in [-0.3, -0.25) is 4.90 Å². The van der Waals surface area contributed by atoms with Gasteiger partial charge in [0.25, 0.3) is 0 Å². The van der Waals surface area contributed by atoms with Crippen molar-refractivity contribution in [3.05, 3.63) is 65.2 Å². The Morgan fingerprint density at radius 1 is 1.12 bits per heavy atom. The third-order valence-corrected chi connectivity index (χ3v) is 4.63. The molecule has 0 radical (unpaired) electrons. The first-order valence-corrected chi connectivity index (χ1v) is 8.33. The Kier molecular flexibility index (Phi) is 5.51. The van der Waals surface area contributed by atoms with Gasteiger partial charge in [0.2, 0.25) is 0 Å². The minimum Gasteiger partial charge on any atom is -0.497 e. The quantitative estimate of drug-likeness (QED) is 0.886. The molecule has 1 heterocycles. The fourth-order valence-electron chi connectivity index (χ4n) is 3.45. The zero-order valence-corrected chi connectivity index (χ0v) is 14.3. The number of aliphatic hydroxyl groups excluding tert-OH is 1. The van der Waals surface area contributed by atoms with E-state index >= 15 is 0 Å². The molecule has 3 rings (SSSR count). The third-order valence-electron chi connectivity index (χ3n) is 4.63. The van der Waals surface area contributed by atoms with Gasteiger partial charge in [0, 0.05) is 26.2 Å². The maximum absolute atomic E-state index is 10.2. The average molecular weight is 327 g/mol. The van der Waals surface area contributed by atoms with Gasteiger partial charge in [0.15, 0.2) is 0 Å². The number of rotatable bonds is 6. The van der Waals surface area contributed by atoms with E-state index in [4.69, 9.17) is 9.47 Å². The second-order valence-electron chi connectivity index (χ2n) is 6.30. The Balaban J connectivity index is 1.89. The molecule has 0 aliphatic carbocycles. The molecule has 2 atom stereocenters. The van der Waals surface area contributed by atoms with Crippen molar-refractivity contribution in [2.24, 2.45) is 0 Å². The van der Waals surface area contributed by atoms with Crippen LogP contribution in [0.2, 0.25) is 0 Å². The summed E-state index contributed by atoms with van der Waals surface area (Å²) in [4.78, 5) is 2.33. The summed E-state index contributed by atoms with van der Waals surface area (Å²) >= 11 is 0. The molecule has 0 amide bonds. The summed E-state index contributed by atoms with van der Waals surface area (Å²) in [5.41, 5.74) is 3.90. The van der Waals surface area contributed by atoms with Crippen LogP contribution in [0.1, 0.15) is 22.7 Å². The summed E-state index contributed by atoms with van der Waals surface area (Å²) in [5.74, 6) is 0.879. The lowest BCUT2D eigenvalue weighted by Gasteiger charge is -2.38. The Bertz CT molecular complexity index is 659. The van der Waals surface area contributed by atoms with Gasteiger partial charge in [0.05, 0.1) is 19.8 Å². The molecule has 0 saturated carbocycles. The van der Waals surface area contributed by atoms with Gasteiger partial charge < -0.3 is 14.6 Å². The van der Waals surface area contributed by atoms with E-state index in [0.717, 1.165) is 18.7 Å². The topological polar surface area (TPSA) is 41.9 Å². The number of methoxy groups -OCH3 is 2. The van der Waals surface area contributed by atoms with E-state index in [1.165, 1.54) is 16.7 Å². The molecule has 4 heteroatoms. The number of fused-ring (bicyclic) bond motifs is 1. The Morgan fingerprint density at radius 2 is 1.92 bits per heavy atom. The van der Waals surface area contributed by atoms with E-state index in [1.807, 2.05) is 12.1 Å². The zero-order chi connectivity index (χ0) is 16.9. The van der Waals surface area contributed by atoms with Crippen molar-refractivity contribution >= 4 is 0 Å². The van der Waals surface area contributed by atoms with Crippen molar-refractivity contribution in [3.63, 3.8) is 0 Å². The molecule has 0 unspecified atom stereocenters. The van der Waals surface area contributed by atoms with Gasteiger partial charge in [-0.2, -0.15) is 0 Å². The molecule has 24 heavy (non-hydrogen) atoms. The van der Waals surface area contributed by atoms with Crippen LogP contribution in [0.15, 0.2) is 48.5 Å². The highest BCUT2D eigenvalue weighted by atomic mass is 16.5. The summed E-state index contributed by atoms with van der Waals surface area (Å²) in [6.07, 6.45) is 0.441. The zero-order valence-electron chi connectivity index (χ0n) is 14.3. The lowest BCUT2D eigenvalue weighted by Crippen LogP contribution is -2.40. The van der Waals surface area contributed by atoms with E-state index in [-0.39, 0.29) is 6.04 Å². The van der Waals surface area contributed by atoms with Gasteiger partial charge in [0.1, 0.15) is 5.75 Å². The maximum atomic E-state index is 10.2. The second kappa shape index (κ2) is 7.79. The molecule has 0 spiro atoms. The molecule has 2 aromatic carbocycles. The fraction of sp³-hybridized carbons (Fsp3) is 0.400. The first kappa shape index (κ1) is 17.0. The van der Waals surface area contributed by atoms with Crippen LogP contribution in [0.4, 0.5) is 0 Å². The highest BCUT2D eigenvalue weighted by Gasteiger charge is 2.29. The molecule has 0 bridgehead atoms. The van der Waals surface area contributed by atoms with Crippen LogP contribution in [0.3, 0.4) is 0 Å². The number of nitrogens with zero attached hydrogens (tertiary/aromatic N) is 1. The number of hydrogen-bond acceptors (Lipinski definition) is 4. The molecule has 0 saturated heterocycles. The van der Waals surface area contributed by atoms with Crippen molar-refractivity contribution in [3.8, 4) is 5.75 Å². The molecule has 1 aliphatic heterocycles. The lowest BCUT2D eigenvalue weighted by atomic mass is 9.89. The van der Waals surface area contributed by atoms with Crippen LogP contribution >= 0.6 is 0 Å². The predicted octanol–water partition coefficient (Wildman–Crippen LogP) is 2.80. The number of ether oxygens (including phenoxy) is 2. The first-order chi connectivity index (χ1) is 11.7. The van der Waals surface area contributed by atoms with E-state index in [9.17, 15) is 5.11 Å². The van der Waals surface area contributed by atoms with Crippen molar-refractivity contribution in [1.82, 2.24) is 4.90 Å². The van der Waals surface area contributed by atoms with Crippen molar-refractivity contribution in [2.45, 2.75) is 25.1 Å². The van der Waals surface area contributed by atoms with Crippen LogP contribution in [0.25, 0.3) is 0 Å². The molecular formula is C20H25NO3. The Hall–Kier alpha value is -1.88. The number of benzene rings is 2. The largest absolute Gasteiger partial charge is 0.497 e. The molecular weight excluding hydrogens is 302 g/mol. The second-order valence-corrected chi connectivity index (χ2v) is 6.30. The summed E-state index contributed by atoms with van der Waals surface area (Å²) in [5, 5.41) is 10.2. The minimum atomic E-state index is -0.492. The minimum absolute atomic E-state index is 0.263. The molecule has 1 aliphatic rings. The summed E-state index contributed by atoms with van der Waals surface area (Å²) in [6.45, 7) is 1.74. The number of hydrogen-bond donors (Lipinski definition) is 1. The molecule has 1 N–H and O–H groups in total. The van der Waals surface area contributed by atoms with Crippen molar-refractivity contribution < 1.29 is 14.6 Å². The fourth-order valence-corrected chi connectivity index (χ4v) is 3.45. The molecule has 0 fully saturated rings. The highest BCUT2D eigenvalue weighted by Crippen LogP contribution is 2.34. The van der Waals surface area contributed by atoms with Gasteiger partial charge in [-0.15, -0.1) is 0 Å². The number of aliphatic hydroxyl groups is 1. The normalized spacial score (nSPS) is 18.9. The van der Waals surface area contributed by atoms with E-state index in [2.05, 4.69) is 41.3 Å². The SMILES string of the molecule is COC[C@@H](O)CN1Cc2cc(OC)ccc2C[C@@H]1c1ccccc1. The standard InChI is InChI=1S/C20H25NO3/c1-23-14-18(22)13-21-12-17-10-19(24-2)9-8-16(17)11-20(21)15-6-4-3-5-7-15/h3-10,18,20,22H,11-14H2,1-2H3/t18-,20+/m0/s1. The van der Waals surface area contributed by atoms with Crippen LogP contribution in [0.5, 0.6) is 5.75 Å². The molecule has 128 valence electrons. The van der Waals surface area contributed by atoms with Crippen molar-refractivity contribution in [2.75, 3.05) is 27.4 Å². The first-order valence-electron chi connectivity index (χ1n) is 8.33. The molecule has 0 aromatic heterocycles. The summed E-state index contributed by atoms with van der Waals surface area (Å²) in [7, 11) is 3.31. The molecule has 4 nitrogen and oxygen atoms in total. The van der Waals surface area contributed by atoms with Gasteiger partial charge in [-0.05, 0) is 35.2 Å².